The molecule has 1 atom stereocenters. The number of hydrogen-bond donors (Lipinski definition) is 1. The molecule has 2 aromatic rings. The third-order valence-electron chi connectivity index (χ3n) is 3.58. The Kier molecular flexibility index (Phi) is 5.95. The summed E-state index contributed by atoms with van der Waals surface area (Å²) in [5.41, 5.74) is 1.60. The van der Waals surface area contributed by atoms with Gasteiger partial charge in [-0.05, 0) is 42.8 Å². The van der Waals surface area contributed by atoms with Crippen molar-refractivity contribution in [2.45, 2.75) is 13.0 Å². The van der Waals surface area contributed by atoms with Crippen LogP contribution in [0.25, 0.3) is 6.08 Å². The highest BCUT2D eigenvalue weighted by molar-refractivity contribution is 5.92. The van der Waals surface area contributed by atoms with Gasteiger partial charge < -0.3 is 14.8 Å². The molecule has 126 valence electrons. The van der Waals surface area contributed by atoms with E-state index in [1.165, 1.54) is 18.2 Å². The minimum Gasteiger partial charge on any atom is -0.497 e. The number of nitrogens with one attached hydrogen (secondary N) is 1. The minimum atomic E-state index is -0.302. The van der Waals surface area contributed by atoms with Crippen LogP contribution < -0.4 is 14.8 Å². The van der Waals surface area contributed by atoms with Crippen LogP contribution in [0.15, 0.2) is 48.5 Å². The molecule has 0 fully saturated rings. The molecular formula is C19H20FNO3. The minimum absolute atomic E-state index is 0.222. The van der Waals surface area contributed by atoms with Gasteiger partial charge >= 0.3 is 0 Å². The fourth-order valence-electron chi connectivity index (χ4n) is 2.22. The van der Waals surface area contributed by atoms with Gasteiger partial charge in [0.05, 0.1) is 20.3 Å². The van der Waals surface area contributed by atoms with Crippen molar-refractivity contribution >= 4 is 12.0 Å². The Morgan fingerprint density at radius 1 is 1.12 bits per heavy atom. The average Bonchev–Trinajstić information content (AvgIpc) is 2.60. The summed E-state index contributed by atoms with van der Waals surface area (Å²) in [5, 5.41) is 2.83. The third-order valence-corrected chi connectivity index (χ3v) is 3.58. The molecule has 0 aromatic heterocycles. The van der Waals surface area contributed by atoms with Crippen molar-refractivity contribution in [3.05, 3.63) is 65.5 Å². The second kappa shape index (κ2) is 8.15. The molecule has 0 spiro atoms. The maximum Gasteiger partial charge on any atom is 0.244 e. The van der Waals surface area contributed by atoms with Crippen LogP contribution in [-0.2, 0) is 4.79 Å². The van der Waals surface area contributed by atoms with Crippen LogP contribution in [0.5, 0.6) is 11.5 Å². The van der Waals surface area contributed by atoms with E-state index in [0.29, 0.717) is 11.5 Å². The largest absolute Gasteiger partial charge is 0.497 e. The van der Waals surface area contributed by atoms with Crippen molar-refractivity contribution in [2.75, 3.05) is 14.2 Å². The lowest BCUT2D eigenvalue weighted by Crippen LogP contribution is -2.24. The first-order chi connectivity index (χ1) is 11.5. The Morgan fingerprint density at radius 2 is 1.83 bits per heavy atom. The molecule has 24 heavy (non-hydrogen) atoms. The monoisotopic (exact) mass is 329 g/mol. The van der Waals surface area contributed by atoms with Crippen molar-refractivity contribution in [1.29, 1.82) is 0 Å². The lowest BCUT2D eigenvalue weighted by molar-refractivity contribution is -0.117. The zero-order valence-corrected chi connectivity index (χ0v) is 13.9. The summed E-state index contributed by atoms with van der Waals surface area (Å²) in [6.07, 6.45) is 3.11. The van der Waals surface area contributed by atoms with Gasteiger partial charge in [0.25, 0.3) is 0 Å². The number of methoxy groups -OCH3 is 2. The quantitative estimate of drug-likeness (QED) is 0.822. The van der Waals surface area contributed by atoms with Gasteiger partial charge in [-0.15, -0.1) is 0 Å². The first-order valence-corrected chi connectivity index (χ1v) is 7.49. The molecule has 0 radical (unpaired) electrons. The Morgan fingerprint density at radius 3 is 2.46 bits per heavy atom. The van der Waals surface area contributed by atoms with Gasteiger partial charge in [-0.25, -0.2) is 4.39 Å². The van der Waals surface area contributed by atoms with Crippen LogP contribution in [0.3, 0.4) is 0 Å². The molecule has 0 heterocycles. The molecule has 1 N–H and O–H groups in total. The highest BCUT2D eigenvalue weighted by Crippen LogP contribution is 2.25. The molecule has 2 aromatic carbocycles. The van der Waals surface area contributed by atoms with Gasteiger partial charge in [0, 0.05) is 17.7 Å². The van der Waals surface area contributed by atoms with E-state index in [0.717, 1.165) is 11.1 Å². The predicted molar refractivity (Wildman–Crippen MR) is 91.5 cm³/mol. The highest BCUT2D eigenvalue weighted by atomic mass is 19.1. The normalized spacial score (nSPS) is 12.0. The van der Waals surface area contributed by atoms with E-state index in [-0.39, 0.29) is 17.8 Å². The van der Waals surface area contributed by atoms with Gasteiger partial charge in [0.1, 0.15) is 17.3 Å². The zero-order chi connectivity index (χ0) is 17.5. The summed E-state index contributed by atoms with van der Waals surface area (Å²) in [4.78, 5) is 12.1. The second-order valence-electron chi connectivity index (χ2n) is 5.22. The smallest absolute Gasteiger partial charge is 0.244 e. The van der Waals surface area contributed by atoms with E-state index in [9.17, 15) is 9.18 Å². The topological polar surface area (TPSA) is 47.6 Å². The average molecular weight is 329 g/mol. The van der Waals surface area contributed by atoms with Crippen molar-refractivity contribution < 1.29 is 18.7 Å². The molecule has 0 bridgehead atoms. The van der Waals surface area contributed by atoms with Crippen LogP contribution >= 0.6 is 0 Å². The number of halogens is 1. The van der Waals surface area contributed by atoms with Crippen molar-refractivity contribution in [3.63, 3.8) is 0 Å². The first-order valence-electron chi connectivity index (χ1n) is 7.49. The molecule has 1 unspecified atom stereocenters. The van der Waals surface area contributed by atoms with Crippen molar-refractivity contribution in [3.8, 4) is 11.5 Å². The third kappa shape index (κ3) is 4.59. The van der Waals surface area contributed by atoms with E-state index in [2.05, 4.69) is 5.32 Å². The number of rotatable bonds is 6. The summed E-state index contributed by atoms with van der Waals surface area (Å²) in [5.74, 6) is 0.747. The maximum absolute atomic E-state index is 12.9. The molecule has 1 amide bonds. The van der Waals surface area contributed by atoms with Crippen LogP contribution in [0.4, 0.5) is 4.39 Å². The molecule has 5 heteroatoms. The molecule has 4 nitrogen and oxygen atoms in total. The molecule has 0 aliphatic rings. The van der Waals surface area contributed by atoms with Crippen molar-refractivity contribution in [2.24, 2.45) is 0 Å². The molecule has 0 saturated carbocycles. The first kappa shape index (κ1) is 17.5. The van der Waals surface area contributed by atoms with Gasteiger partial charge in [-0.3, -0.25) is 4.79 Å². The van der Waals surface area contributed by atoms with Crippen LogP contribution in [0.2, 0.25) is 0 Å². The Bertz CT molecular complexity index is 726. The number of carbonyl (C=O) groups is 1. The summed E-state index contributed by atoms with van der Waals surface area (Å²) >= 11 is 0. The highest BCUT2D eigenvalue weighted by Gasteiger charge is 2.08. The van der Waals surface area contributed by atoms with Gasteiger partial charge in [0.15, 0.2) is 0 Å². The predicted octanol–water partition coefficient (Wildman–Crippen LogP) is 3.73. The SMILES string of the molecule is COc1ccc(/C=C/C(=O)NC(C)c2ccc(F)cc2)c(OC)c1. The lowest BCUT2D eigenvalue weighted by Gasteiger charge is -2.13. The van der Waals surface area contributed by atoms with Gasteiger partial charge in [-0.1, -0.05) is 12.1 Å². The van der Waals surface area contributed by atoms with Crippen LogP contribution in [0, 0.1) is 5.82 Å². The van der Waals surface area contributed by atoms with Gasteiger partial charge in [-0.2, -0.15) is 0 Å². The molecule has 0 aliphatic heterocycles. The van der Waals surface area contributed by atoms with E-state index in [4.69, 9.17) is 9.47 Å². The van der Waals surface area contributed by atoms with Gasteiger partial charge in [0.2, 0.25) is 5.91 Å². The molecule has 2 rings (SSSR count). The second-order valence-corrected chi connectivity index (χ2v) is 5.22. The summed E-state index contributed by atoms with van der Waals surface area (Å²) in [7, 11) is 3.14. The summed E-state index contributed by atoms with van der Waals surface area (Å²) in [6.45, 7) is 1.84. The Balaban J connectivity index is 2.03. The number of amides is 1. The van der Waals surface area contributed by atoms with E-state index in [1.54, 1.807) is 44.6 Å². The standard InChI is InChI=1S/C19H20FNO3/c1-13(14-4-8-16(20)9-5-14)21-19(22)11-7-15-6-10-17(23-2)12-18(15)24-3/h4-13H,1-3H3,(H,21,22)/b11-7+. The number of hydrogen-bond acceptors (Lipinski definition) is 3. The fourth-order valence-corrected chi connectivity index (χ4v) is 2.22. The molecule has 0 aliphatic carbocycles. The fraction of sp³-hybridized carbons (Fsp3) is 0.211. The number of benzene rings is 2. The Hall–Kier alpha value is -2.82. The van der Waals surface area contributed by atoms with Crippen LogP contribution in [0.1, 0.15) is 24.1 Å². The van der Waals surface area contributed by atoms with Crippen molar-refractivity contribution in [1.82, 2.24) is 5.32 Å². The van der Waals surface area contributed by atoms with E-state index < -0.39 is 0 Å². The lowest BCUT2D eigenvalue weighted by atomic mass is 10.1. The number of carbonyl (C=O) groups excluding carboxylic acids is 1. The maximum atomic E-state index is 12.9. The molecule has 0 saturated heterocycles. The van der Waals surface area contributed by atoms with E-state index in [1.807, 2.05) is 13.0 Å². The molecular weight excluding hydrogens is 309 g/mol. The summed E-state index contributed by atoms with van der Waals surface area (Å²) < 4.78 is 23.3. The van der Waals surface area contributed by atoms with E-state index >= 15 is 0 Å². The van der Waals surface area contributed by atoms with Crippen LogP contribution in [-0.4, -0.2) is 20.1 Å². The zero-order valence-electron chi connectivity index (χ0n) is 13.9. The summed E-state index contributed by atoms with van der Waals surface area (Å²) in [6, 6.07) is 11.2. The number of ether oxygens (including phenoxy) is 2. The Labute approximate surface area is 140 Å².